The van der Waals surface area contributed by atoms with Crippen LogP contribution in [0.2, 0.25) is 0 Å². The maximum absolute atomic E-state index is 12.6. The lowest BCUT2D eigenvalue weighted by Crippen LogP contribution is -2.23. The number of furan rings is 1. The Balaban J connectivity index is 1.79. The summed E-state index contributed by atoms with van der Waals surface area (Å²) in [5, 5.41) is 4.23. The second-order valence-corrected chi connectivity index (χ2v) is 6.17. The Morgan fingerprint density at radius 3 is 2.92 bits per heavy atom. The normalized spacial score (nSPS) is 11.9. The first-order chi connectivity index (χ1) is 12.3. The van der Waals surface area contributed by atoms with Gasteiger partial charge in [0.2, 0.25) is 10.8 Å². The van der Waals surface area contributed by atoms with E-state index in [2.05, 4.69) is 16.7 Å². The molecular formula is C18H13N3O3S. The molecule has 0 atom stereocenters. The van der Waals surface area contributed by atoms with Crippen LogP contribution in [0.3, 0.4) is 0 Å². The van der Waals surface area contributed by atoms with Crippen LogP contribution in [0, 0.1) is 0 Å². The molecule has 0 saturated heterocycles. The van der Waals surface area contributed by atoms with Gasteiger partial charge in [-0.25, -0.2) is 0 Å². The van der Waals surface area contributed by atoms with Gasteiger partial charge in [0, 0.05) is 5.56 Å². The molecular weight excluding hydrogens is 338 g/mol. The number of ether oxygens (including phenoxy) is 1. The zero-order valence-electron chi connectivity index (χ0n) is 13.1. The van der Waals surface area contributed by atoms with E-state index in [0.717, 1.165) is 5.56 Å². The lowest BCUT2D eigenvalue weighted by molar-refractivity contribution is 0.362. The van der Waals surface area contributed by atoms with Crippen molar-refractivity contribution in [3.05, 3.63) is 75.8 Å². The summed E-state index contributed by atoms with van der Waals surface area (Å²) in [4.78, 5) is 17.5. The summed E-state index contributed by atoms with van der Waals surface area (Å²) >= 11 is 1.27. The van der Waals surface area contributed by atoms with Gasteiger partial charge in [0.25, 0.3) is 5.56 Å². The minimum Gasteiger partial charge on any atom is -0.489 e. The number of hydrogen-bond donors (Lipinski definition) is 0. The molecule has 0 spiro atoms. The van der Waals surface area contributed by atoms with Crippen LogP contribution in [-0.2, 0) is 0 Å². The summed E-state index contributed by atoms with van der Waals surface area (Å²) in [5.74, 6) is 1.62. The van der Waals surface area contributed by atoms with Gasteiger partial charge in [0.15, 0.2) is 5.76 Å². The molecule has 0 aliphatic carbocycles. The monoisotopic (exact) mass is 351 g/mol. The fraction of sp³-hybridized carbons (Fsp3) is 0.0556. The third-order valence-corrected chi connectivity index (χ3v) is 4.44. The molecule has 124 valence electrons. The largest absolute Gasteiger partial charge is 0.489 e. The Morgan fingerprint density at radius 1 is 1.28 bits per heavy atom. The predicted molar refractivity (Wildman–Crippen MR) is 95.8 cm³/mol. The van der Waals surface area contributed by atoms with Gasteiger partial charge < -0.3 is 9.15 Å². The van der Waals surface area contributed by atoms with E-state index in [-0.39, 0.29) is 5.56 Å². The van der Waals surface area contributed by atoms with Crippen LogP contribution < -0.4 is 14.8 Å². The lowest BCUT2D eigenvalue weighted by atomic mass is 10.2. The minimum absolute atomic E-state index is 0.219. The lowest BCUT2D eigenvalue weighted by Gasteiger charge is -2.05. The van der Waals surface area contributed by atoms with Crippen molar-refractivity contribution in [1.82, 2.24) is 14.6 Å². The number of nitrogens with zero attached hydrogens (tertiary/aromatic N) is 3. The third kappa shape index (κ3) is 2.85. The van der Waals surface area contributed by atoms with Crippen molar-refractivity contribution in [2.75, 3.05) is 6.61 Å². The van der Waals surface area contributed by atoms with Gasteiger partial charge in [-0.1, -0.05) is 42.2 Å². The number of rotatable bonds is 5. The van der Waals surface area contributed by atoms with Crippen molar-refractivity contribution in [2.45, 2.75) is 0 Å². The molecule has 0 aliphatic heterocycles. The van der Waals surface area contributed by atoms with E-state index in [1.807, 2.05) is 24.3 Å². The maximum Gasteiger partial charge on any atom is 0.291 e. The molecule has 3 heterocycles. The molecule has 0 aliphatic rings. The van der Waals surface area contributed by atoms with Crippen molar-refractivity contribution in [3.63, 3.8) is 0 Å². The van der Waals surface area contributed by atoms with E-state index in [4.69, 9.17) is 9.15 Å². The first-order valence-electron chi connectivity index (χ1n) is 7.54. The van der Waals surface area contributed by atoms with Gasteiger partial charge in [0.05, 0.1) is 10.8 Å². The van der Waals surface area contributed by atoms with Crippen LogP contribution >= 0.6 is 11.3 Å². The molecule has 0 amide bonds. The van der Waals surface area contributed by atoms with E-state index in [9.17, 15) is 4.79 Å². The molecule has 4 rings (SSSR count). The van der Waals surface area contributed by atoms with Crippen LogP contribution in [0.15, 0.2) is 64.5 Å². The van der Waals surface area contributed by atoms with Crippen LogP contribution in [0.5, 0.6) is 5.75 Å². The van der Waals surface area contributed by atoms with Crippen molar-refractivity contribution in [2.24, 2.45) is 0 Å². The molecule has 6 nitrogen and oxygen atoms in total. The zero-order chi connectivity index (χ0) is 17.2. The number of para-hydroxylation sites is 1. The molecule has 0 bridgehead atoms. The van der Waals surface area contributed by atoms with Crippen LogP contribution in [0.1, 0.15) is 5.56 Å². The molecule has 0 N–H and O–H groups in total. The average molecular weight is 351 g/mol. The third-order valence-electron chi connectivity index (χ3n) is 3.49. The van der Waals surface area contributed by atoms with Gasteiger partial charge in [-0.05, 0) is 24.3 Å². The van der Waals surface area contributed by atoms with Crippen LogP contribution in [-0.4, -0.2) is 21.2 Å². The summed E-state index contributed by atoms with van der Waals surface area (Å²) < 4.78 is 12.7. The fourth-order valence-electron chi connectivity index (χ4n) is 2.37. The van der Waals surface area contributed by atoms with E-state index < -0.39 is 0 Å². The first-order valence-corrected chi connectivity index (χ1v) is 8.36. The highest BCUT2D eigenvalue weighted by atomic mass is 32.1. The summed E-state index contributed by atoms with van der Waals surface area (Å²) in [6.07, 6.45) is 5.01. The minimum atomic E-state index is -0.219. The Morgan fingerprint density at radius 2 is 2.16 bits per heavy atom. The van der Waals surface area contributed by atoms with Crippen LogP contribution in [0.25, 0.3) is 22.6 Å². The molecule has 4 aromatic rings. The van der Waals surface area contributed by atoms with Gasteiger partial charge in [-0.2, -0.15) is 9.50 Å². The molecule has 0 fully saturated rings. The number of fused-ring (bicyclic) bond motifs is 1. The molecule has 3 aromatic heterocycles. The van der Waals surface area contributed by atoms with Crippen molar-refractivity contribution in [3.8, 4) is 17.3 Å². The average Bonchev–Trinajstić information content (AvgIpc) is 3.33. The second kappa shape index (κ2) is 6.37. The van der Waals surface area contributed by atoms with E-state index in [1.165, 1.54) is 15.9 Å². The highest BCUT2D eigenvalue weighted by Gasteiger charge is 2.13. The predicted octanol–water partition coefficient (Wildman–Crippen LogP) is 2.52. The smallest absolute Gasteiger partial charge is 0.291 e. The van der Waals surface area contributed by atoms with Crippen LogP contribution in [0.4, 0.5) is 0 Å². The van der Waals surface area contributed by atoms with Gasteiger partial charge in [-0.3, -0.25) is 4.79 Å². The standard InChI is InChI=1S/C18H13N3O3S/c1-2-9-23-13-7-4-3-6-12(13)11-15-17(22)21-18(25-15)19-16(20-21)14-8-5-10-24-14/h2-8,10-11H,1,9H2/b15-11-. The SMILES string of the molecule is C=CCOc1ccccc1/C=c1\sc2nc(-c3ccco3)nn2c1=O. The molecule has 0 radical (unpaired) electrons. The van der Waals surface area contributed by atoms with E-state index in [0.29, 0.717) is 33.4 Å². The summed E-state index contributed by atoms with van der Waals surface area (Å²) in [6.45, 7) is 4.04. The summed E-state index contributed by atoms with van der Waals surface area (Å²) in [7, 11) is 0. The van der Waals surface area contributed by atoms with Crippen molar-refractivity contribution in [1.29, 1.82) is 0 Å². The molecule has 1 aromatic carbocycles. The second-order valence-electron chi connectivity index (χ2n) is 5.16. The molecule has 0 unspecified atom stereocenters. The number of thiazole rings is 1. The molecule has 25 heavy (non-hydrogen) atoms. The van der Waals surface area contributed by atoms with Gasteiger partial charge in [-0.15, -0.1) is 5.10 Å². The Labute approximate surface area is 146 Å². The van der Waals surface area contributed by atoms with Crippen molar-refractivity contribution < 1.29 is 9.15 Å². The summed E-state index contributed by atoms with van der Waals surface area (Å²) in [5.41, 5.74) is 0.598. The summed E-state index contributed by atoms with van der Waals surface area (Å²) in [6, 6.07) is 11.0. The topological polar surface area (TPSA) is 69.6 Å². The first kappa shape index (κ1) is 15.3. The number of benzene rings is 1. The fourth-order valence-corrected chi connectivity index (χ4v) is 3.26. The van der Waals surface area contributed by atoms with Gasteiger partial charge >= 0.3 is 0 Å². The zero-order valence-corrected chi connectivity index (χ0v) is 13.9. The number of hydrogen-bond acceptors (Lipinski definition) is 6. The maximum atomic E-state index is 12.6. The highest BCUT2D eigenvalue weighted by molar-refractivity contribution is 7.15. The Hall–Kier alpha value is -3.19. The quantitative estimate of drug-likeness (QED) is 0.517. The molecule has 7 heteroatoms. The van der Waals surface area contributed by atoms with E-state index in [1.54, 1.807) is 30.5 Å². The Bertz CT molecular complexity index is 1140. The highest BCUT2D eigenvalue weighted by Crippen LogP contribution is 2.19. The van der Waals surface area contributed by atoms with Gasteiger partial charge in [0.1, 0.15) is 12.4 Å². The molecule has 0 saturated carbocycles. The van der Waals surface area contributed by atoms with Crippen molar-refractivity contribution >= 4 is 22.4 Å². The Kier molecular flexibility index (Phi) is 3.91. The number of aromatic nitrogens is 3. The van der Waals surface area contributed by atoms with E-state index >= 15 is 0 Å².